The molecule has 0 amide bonds. The first-order valence-electron chi connectivity index (χ1n) is 4.26. The normalized spacial score (nSPS) is 11.1. The highest BCUT2D eigenvalue weighted by atomic mass is 35.5. The zero-order chi connectivity index (χ0) is 10.9. The van der Waals surface area contributed by atoms with Crippen molar-refractivity contribution in [1.82, 2.24) is 0 Å². The summed E-state index contributed by atoms with van der Waals surface area (Å²) in [5, 5.41) is 10.0. The molecule has 0 spiro atoms. The van der Waals surface area contributed by atoms with Crippen LogP contribution in [0, 0.1) is 18.3 Å². The Hall–Kier alpha value is -0.710. The van der Waals surface area contributed by atoms with E-state index in [0.717, 1.165) is 11.1 Å². The molecule has 0 saturated carbocycles. The van der Waals surface area contributed by atoms with E-state index in [9.17, 15) is 0 Å². The van der Waals surface area contributed by atoms with Crippen LogP contribution in [-0.4, -0.2) is 0 Å². The van der Waals surface area contributed by atoms with E-state index < -0.39 is 5.41 Å². The van der Waals surface area contributed by atoms with Crippen LogP contribution in [0.2, 0.25) is 10.0 Å². The highest BCUT2D eigenvalue weighted by Gasteiger charge is 2.22. The quantitative estimate of drug-likeness (QED) is 0.709. The Balaban J connectivity index is 3.38. The van der Waals surface area contributed by atoms with Gasteiger partial charge in [0.25, 0.3) is 0 Å². The van der Waals surface area contributed by atoms with Crippen LogP contribution < -0.4 is 0 Å². The van der Waals surface area contributed by atoms with Crippen LogP contribution in [-0.2, 0) is 5.41 Å². The number of nitriles is 1. The lowest BCUT2D eigenvalue weighted by Gasteiger charge is -2.19. The monoisotopic (exact) mass is 227 g/mol. The summed E-state index contributed by atoms with van der Waals surface area (Å²) in [6, 6.07) is 5.80. The molecule has 14 heavy (non-hydrogen) atoms. The maximum absolute atomic E-state index is 9.01. The summed E-state index contributed by atoms with van der Waals surface area (Å²) in [6.07, 6.45) is 0. The van der Waals surface area contributed by atoms with Crippen LogP contribution in [0.5, 0.6) is 0 Å². The van der Waals surface area contributed by atoms with Crippen molar-refractivity contribution in [1.29, 1.82) is 5.26 Å². The summed E-state index contributed by atoms with van der Waals surface area (Å²) in [5.41, 5.74) is 1.39. The molecule has 1 aromatic rings. The third-order valence-corrected chi connectivity index (χ3v) is 2.94. The van der Waals surface area contributed by atoms with Crippen LogP contribution in [0.4, 0.5) is 0 Å². The Bertz CT molecular complexity index is 402. The largest absolute Gasteiger partial charge is 0.197 e. The molecule has 1 rings (SSSR count). The number of hydrogen-bond acceptors (Lipinski definition) is 1. The minimum Gasteiger partial charge on any atom is -0.197 e. The van der Waals surface area contributed by atoms with Gasteiger partial charge >= 0.3 is 0 Å². The van der Waals surface area contributed by atoms with Crippen molar-refractivity contribution in [3.63, 3.8) is 0 Å². The first kappa shape index (κ1) is 11.4. The molecule has 3 heteroatoms. The van der Waals surface area contributed by atoms with Gasteiger partial charge in [-0.1, -0.05) is 23.2 Å². The van der Waals surface area contributed by atoms with E-state index in [1.807, 2.05) is 20.8 Å². The molecule has 1 aromatic carbocycles. The van der Waals surface area contributed by atoms with Gasteiger partial charge in [0, 0.05) is 0 Å². The second kappa shape index (κ2) is 3.81. The van der Waals surface area contributed by atoms with E-state index in [4.69, 9.17) is 28.5 Å². The van der Waals surface area contributed by atoms with Crippen molar-refractivity contribution in [2.24, 2.45) is 0 Å². The van der Waals surface area contributed by atoms with Crippen molar-refractivity contribution in [2.45, 2.75) is 26.2 Å². The van der Waals surface area contributed by atoms with Crippen LogP contribution in [0.15, 0.2) is 12.1 Å². The minimum absolute atomic E-state index is 0.496. The van der Waals surface area contributed by atoms with Crippen LogP contribution in [0.1, 0.15) is 25.0 Å². The zero-order valence-corrected chi connectivity index (χ0v) is 9.87. The van der Waals surface area contributed by atoms with Gasteiger partial charge in [-0.15, -0.1) is 0 Å². The lowest BCUT2D eigenvalue weighted by molar-refractivity contribution is 0.681. The minimum atomic E-state index is -0.529. The molecular weight excluding hydrogens is 217 g/mol. The van der Waals surface area contributed by atoms with Gasteiger partial charge in [0.2, 0.25) is 0 Å². The molecule has 0 heterocycles. The van der Waals surface area contributed by atoms with Crippen molar-refractivity contribution in [3.05, 3.63) is 33.3 Å². The van der Waals surface area contributed by atoms with Crippen LogP contribution in [0.25, 0.3) is 0 Å². The van der Waals surface area contributed by atoms with E-state index >= 15 is 0 Å². The van der Waals surface area contributed by atoms with Crippen molar-refractivity contribution >= 4 is 23.2 Å². The summed E-state index contributed by atoms with van der Waals surface area (Å²) >= 11 is 11.8. The third kappa shape index (κ3) is 2.03. The average molecular weight is 228 g/mol. The van der Waals surface area contributed by atoms with Crippen molar-refractivity contribution in [2.75, 3.05) is 0 Å². The molecule has 0 aromatic heterocycles. The highest BCUT2D eigenvalue weighted by Crippen LogP contribution is 2.32. The smallest absolute Gasteiger partial charge is 0.0769 e. The molecule has 0 fully saturated rings. The maximum atomic E-state index is 9.01. The highest BCUT2D eigenvalue weighted by molar-refractivity contribution is 6.42. The molecule has 0 bridgehead atoms. The Morgan fingerprint density at radius 2 is 1.71 bits per heavy atom. The molecule has 74 valence electrons. The fraction of sp³-hybridized carbons (Fsp3) is 0.364. The number of hydrogen-bond donors (Lipinski definition) is 0. The van der Waals surface area contributed by atoms with Crippen molar-refractivity contribution < 1.29 is 0 Å². The van der Waals surface area contributed by atoms with Gasteiger partial charge in [0.05, 0.1) is 21.5 Å². The molecule has 0 N–H and O–H groups in total. The molecule has 0 atom stereocenters. The van der Waals surface area contributed by atoms with Crippen LogP contribution in [0.3, 0.4) is 0 Å². The van der Waals surface area contributed by atoms with Gasteiger partial charge in [-0.2, -0.15) is 5.26 Å². The van der Waals surface area contributed by atoms with Gasteiger partial charge < -0.3 is 0 Å². The summed E-state index contributed by atoms with van der Waals surface area (Å²) in [6.45, 7) is 5.65. The van der Waals surface area contributed by atoms with Crippen LogP contribution >= 0.6 is 23.2 Å². The summed E-state index contributed by atoms with van der Waals surface area (Å²) in [4.78, 5) is 0. The fourth-order valence-corrected chi connectivity index (χ4v) is 1.76. The molecule has 0 aliphatic carbocycles. The Labute approximate surface area is 94.3 Å². The molecule has 0 unspecified atom stereocenters. The molecule has 0 aliphatic rings. The van der Waals surface area contributed by atoms with E-state index in [1.165, 1.54) is 0 Å². The third-order valence-electron chi connectivity index (χ3n) is 2.22. The number of benzene rings is 1. The van der Waals surface area contributed by atoms with E-state index in [0.29, 0.717) is 10.0 Å². The van der Waals surface area contributed by atoms with E-state index in [1.54, 1.807) is 12.1 Å². The summed E-state index contributed by atoms with van der Waals surface area (Å²) in [7, 11) is 0. The van der Waals surface area contributed by atoms with Gasteiger partial charge in [-0.25, -0.2) is 0 Å². The van der Waals surface area contributed by atoms with Gasteiger partial charge in [0.15, 0.2) is 0 Å². The van der Waals surface area contributed by atoms with Crippen molar-refractivity contribution in [3.8, 4) is 6.07 Å². The number of halogens is 2. The zero-order valence-electron chi connectivity index (χ0n) is 8.36. The average Bonchev–Trinajstić information content (AvgIpc) is 2.11. The predicted molar refractivity (Wildman–Crippen MR) is 59.8 cm³/mol. The number of nitrogens with zero attached hydrogens (tertiary/aromatic N) is 1. The SMILES string of the molecule is Cc1cc(Cl)c(Cl)cc1C(C)(C)C#N. The first-order chi connectivity index (χ1) is 6.38. The second-order valence-corrected chi connectivity index (χ2v) is 4.63. The maximum Gasteiger partial charge on any atom is 0.0769 e. The second-order valence-electron chi connectivity index (χ2n) is 3.82. The number of rotatable bonds is 1. The van der Waals surface area contributed by atoms with Gasteiger partial charge in [-0.05, 0) is 44.0 Å². The Kier molecular flexibility index (Phi) is 3.09. The molecule has 1 nitrogen and oxygen atoms in total. The summed E-state index contributed by atoms with van der Waals surface area (Å²) < 4.78 is 0. The molecule has 0 aliphatic heterocycles. The molecule has 0 saturated heterocycles. The standard InChI is InChI=1S/C11H11Cl2N/c1-7-4-9(12)10(13)5-8(7)11(2,3)6-14/h4-5H,1-3H3. The fourth-order valence-electron chi connectivity index (χ4n) is 1.38. The first-order valence-corrected chi connectivity index (χ1v) is 5.01. The van der Waals surface area contributed by atoms with Gasteiger partial charge in [0.1, 0.15) is 0 Å². The number of aryl methyl sites for hydroxylation is 1. The predicted octanol–water partition coefficient (Wildman–Crippen LogP) is 4.10. The lowest BCUT2D eigenvalue weighted by atomic mass is 9.83. The van der Waals surface area contributed by atoms with Gasteiger partial charge in [-0.3, -0.25) is 0 Å². The Morgan fingerprint density at radius 1 is 1.21 bits per heavy atom. The molecule has 0 radical (unpaired) electrons. The lowest BCUT2D eigenvalue weighted by Crippen LogP contribution is -2.15. The summed E-state index contributed by atoms with van der Waals surface area (Å²) in [5.74, 6) is 0. The molecular formula is C11H11Cl2N. The Morgan fingerprint density at radius 3 is 2.21 bits per heavy atom. The van der Waals surface area contributed by atoms with E-state index in [2.05, 4.69) is 6.07 Å². The van der Waals surface area contributed by atoms with E-state index in [-0.39, 0.29) is 0 Å². The topological polar surface area (TPSA) is 23.8 Å².